The summed E-state index contributed by atoms with van der Waals surface area (Å²) in [5, 5.41) is 10.3. The van der Waals surface area contributed by atoms with Crippen LogP contribution in [-0.4, -0.2) is 47.2 Å². The SMILES string of the molecule is Cc1ccc(-c2cc(C(=O)N(C)C3CCNCC3)n[nH]2)o1.Cl. The molecule has 0 bridgehead atoms. The van der Waals surface area contributed by atoms with Crippen LogP contribution in [0.15, 0.2) is 22.6 Å². The summed E-state index contributed by atoms with van der Waals surface area (Å²) < 4.78 is 5.54. The van der Waals surface area contributed by atoms with Crippen molar-refractivity contribution in [3.8, 4) is 11.5 Å². The standard InChI is InChI=1S/C15H20N4O2.ClH/c1-10-3-4-14(21-10)12-9-13(18-17-12)15(20)19(2)11-5-7-16-8-6-11;/h3-4,9,11,16H,5-8H2,1-2H3,(H,17,18);1H. The molecule has 0 radical (unpaired) electrons. The first-order chi connectivity index (χ1) is 10.1. The van der Waals surface area contributed by atoms with Gasteiger partial charge in [-0.15, -0.1) is 12.4 Å². The molecule has 6 nitrogen and oxygen atoms in total. The predicted molar refractivity (Wildman–Crippen MR) is 86.3 cm³/mol. The van der Waals surface area contributed by atoms with E-state index >= 15 is 0 Å². The molecule has 2 aromatic heterocycles. The second kappa shape index (κ2) is 6.98. The number of carbonyl (C=O) groups is 1. The van der Waals surface area contributed by atoms with E-state index in [-0.39, 0.29) is 24.4 Å². The van der Waals surface area contributed by atoms with Crippen molar-refractivity contribution < 1.29 is 9.21 Å². The highest BCUT2D eigenvalue weighted by molar-refractivity contribution is 5.93. The van der Waals surface area contributed by atoms with E-state index in [0.29, 0.717) is 11.5 Å². The molecular weight excluding hydrogens is 304 g/mol. The number of hydrogen-bond donors (Lipinski definition) is 2. The van der Waals surface area contributed by atoms with E-state index in [2.05, 4.69) is 15.5 Å². The minimum Gasteiger partial charge on any atom is -0.460 e. The van der Waals surface area contributed by atoms with Gasteiger partial charge in [-0.1, -0.05) is 0 Å². The lowest BCUT2D eigenvalue weighted by Crippen LogP contribution is -2.44. The Labute approximate surface area is 135 Å². The number of halogens is 1. The molecule has 3 heterocycles. The van der Waals surface area contributed by atoms with Gasteiger partial charge in [0, 0.05) is 19.2 Å². The number of aromatic nitrogens is 2. The van der Waals surface area contributed by atoms with E-state index in [1.54, 1.807) is 11.0 Å². The minimum absolute atomic E-state index is 0. The van der Waals surface area contributed by atoms with Crippen LogP contribution in [0.1, 0.15) is 29.1 Å². The number of nitrogens with one attached hydrogen (secondary N) is 2. The molecular formula is C15H21ClN4O2. The first-order valence-corrected chi connectivity index (χ1v) is 7.25. The molecule has 7 heteroatoms. The van der Waals surface area contributed by atoms with Crippen molar-refractivity contribution in [3.63, 3.8) is 0 Å². The van der Waals surface area contributed by atoms with Crippen molar-refractivity contribution in [2.75, 3.05) is 20.1 Å². The zero-order valence-electron chi connectivity index (χ0n) is 12.8. The van der Waals surface area contributed by atoms with E-state index in [1.165, 1.54) is 0 Å². The molecule has 22 heavy (non-hydrogen) atoms. The van der Waals surface area contributed by atoms with Crippen LogP contribution >= 0.6 is 12.4 Å². The Morgan fingerprint density at radius 1 is 1.36 bits per heavy atom. The second-order valence-electron chi connectivity index (χ2n) is 5.47. The van der Waals surface area contributed by atoms with Crippen LogP contribution in [0, 0.1) is 6.92 Å². The third-order valence-corrected chi connectivity index (χ3v) is 3.98. The second-order valence-corrected chi connectivity index (χ2v) is 5.47. The van der Waals surface area contributed by atoms with Gasteiger partial charge in [-0.25, -0.2) is 0 Å². The molecule has 0 saturated carbocycles. The minimum atomic E-state index is -0.0484. The number of aryl methyl sites for hydroxylation is 1. The molecule has 2 aromatic rings. The highest BCUT2D eigenvalue weighted by Crippen LogP contribution is 2.21. The third-order valence-electron chi connectivity index (χ3n) is 3.98. The topological polar surface area (TPSA) is 74.2 Å². The molecule has 1 aliphatic rings. The Kier molecular flexibility index (Phi) is 5.26. The van der Waals surface area contributed by atoms with Gasteiger partial charge < -0.3 is 14.6 Å². The van der Waals surface area contributed by atoms with E-state index in [9.17, 15) is 4.79 Å². The lowest BCUT2D eigenvalue weighted by molar-refractivity contribution is 0.0697. The van der Waals surface area contributed by atoms with Gasteiger partial charge >= 0.3 is 0 Å². The molecule has 1 saturated heterocycles. The number of rotatable bonds is 3. The molecule has 0 aliphatic carbocycles. The number of aromatic amines is 1. The summed E-state index contributed by atoms with van der Waals surface area (Å²) in [5.41, 5.74) is 1.16. The van der Waals surface area contributed by atoms with E-state index in [0.717, 1.165) is 37.4 Å². The number of amides is 1. The molecule has 1 aliphatic heterocycles. The van der Waals surface area contributed by atoms with Crippen LogP contribution < -0.4 is 5.32 Å². The Hall–Kier alpha value is -1.79. The summed E-state index contributed by atoms with van der Waals surface area (Å²) in [4.78, 5) is 14.3. The first-order valence-electron chi connectivity index (χ1n) is 7.25. The van der Waals surface area contributed by atoms with Crippen LogP contribution in [0.25, 0.3) is 11.5 Å². The number of nitrogens with zero attached hydrogens (tertiary/aromatic N) is 2. The van der Waals surface area contributed by atoms with Crippen molar-refractivity contribution >= 4 is 18.3 Å². The van der Waals surface area contributed by atoms with Gasteiger partial charge in [-0.05, 0) is 45.0 Å². The Balaban J connectivity index is 0.00000176. The summed E-state index contributed by atoms with van der Waals surface area (Å²) >= 11 is 0. The lowest BCUT2D eigenvalue weighted by Gasteiger charge is -2.31. The maximum Gasteiger partial charge on any atom is 0.274 e. The summed E-state index contributed by atoms with van der Waals surface area (Å²) in [7, 11) is 1.85. The zero-order valence-corrected chi connectivity index (χ0v) is 13.6. The van der Waals surface area contributed by atoms with Gasteiger partial charge in [0.1, 0.15) is 11.5 Å². The van der Waals surface area contributed by atoms with Gasteiger partial charge in [0.2, 0.25) is 0 Å². The van der Waals surface area contributed by atoms with Gasteiger partial charge in [-0.3, -0.25) is 9.89 Å². The average molecular weight is 325 g/mol. The smallest absolute Gasteiger partial charge is 0.274 e. The van der Waals surface area contributed by atoms with Crippen LogP contribution in [0.4, 0.5) is 0 Å². The van der Waals surface area contributed by atoms with Gasteiger partial charge in [0.05, 0.1) is 0 Å². The van der Waals surface area contributed by atoms with E-state index < -0.39 is 0 Å². The summed E-state index contributed by atoms with van der Waals surface area (Å²) in [5.74, 6) is 1.48. The summed E-state index contributed by atoms with van der Waals surface area (Å²) in [6, 6.07) is 5.79. The van der Waals surface area contributed by atoms with E-state index in [1.807, 2.05) is 26.1 Å². The fourth-order valence-corrected chi connectivity index (χ4v) is 2.68. The van der Waals surface area contributed by atoms with Crippen LogP contribution in [0.5, 0.6) is 0 Å². The number of carbonyl (C=O) groups excluding carboxylic acids is 1. The normalized spacial score (nSPS) is 15.4. The van der Waals surface area contributed by atoms with Crippen LogP contribution in [0.2, 0.25) is 0 Å². The highest BCUT2D eigenvalue weighted by atomic mass is 35.5. The Bertz CT molecular complexity index is 631. The van der Waals surface area contributed by atoms with Crippen molar-refractivity contribution in [2.45, 2.75) is 25.8 Å². The Morgan fingerprint density at radius 3 is 2.73 bits per heavy atom. The molecule has 0 aromatic carbocycles. The quantitative estimate of drug-likeness (QED) is 0.908. The zero-order chi connectivity index (χ0) is 14.8. The lowest BCUT2D eigenvalue weighted by atomic mass is 10.1. The predicted octanol–water partition coefficient (Wildman–Crippen LogP) is 2.22. The third kappa shape index (κ3) is 3.34. The monoisotopic (exact) mass is 324 g/mol. The molecule has 120 valence electrons. The largest absolute Gasteiger partial charge is 0.460 e. The first kappa shape index (κ1) is 16.6. The van der Waals surface area contributed by atoms with Crippen LogP contribution in [-0.2, 0) is 0 Å². The summed E-state index contributed by atoms with van der Waals surface area (Å²) in [6.45, 7) is 3.80. The van der Waals surface area contributed by atoms with E-state index in [4.69, 9.17) is 4.42 Å². The molecule has 2 N–H and O–H groups in total. The summed E-state index contributed by atoms with van der Waals surface area (Å²) in [6.07, 6.45) is 1.97. The number of H-pyrrole nitrogens is 1. The van der Waals surface area contributed by atoms with Crippen molar-refractivity contribution in [1.82, 2.24) is 20.4 Å². The number of furan rings is 1. The highest BCUT2D eigenvalue weighted by Gasteiger charge is 2.24. The van der Waals surface area contributed by atoms with Gasteiger partial charge in [-0.2, -0.15) is 5.10 Å². The number of piperidine rings is 1. The number of hydrogen-bond acceptors (Lipinski definition) is 4. The average Bonchev–Trinajstić information content (AvgIpc) is 3.15. The van der Waals surface area contributed by atoms with Crippen LogP contribution in [0.3, 0.4) is 0 Å². The molecule has 1 fully saturated rings. The van der Waals surface area contributed by atoms with Crippen molar-refractivity contribution in [3.05, 3.63) is 29.7 Å². The molecule has 3 rings (SSSR count). The fourth-order valence-electron chi connectivity index (χ4n) is 2.68. The maximum absolute atomic E-state index is 12.5. The molecule has 0 unspecified atom stereocenters. The van der Waals surface area contributed by atoms with Gasteiger partial charge in [0.25, 0.3) is 5.91 Å². The van der Waals surface area contributed by atoms with Gasteiger partial charge in [0.15, 0.2) is 11.5 Å². The van der Waals surface area contributed by atoms with Crippen molar-refractivity contribution in [1.29, 1.82) is 0 Å². The van der Waals surface area contributed by atoms with Crippen molar-refractivity contribution in [2.24, 2.45) is 0 Å². The molecule has 0 spiro atoms. The molecule has 1 amide bonds. The fraction of sp³-hybridized carbons (Fsp3) is 0.467. The molecule has 0 atom stereocenters. The Morgan fingerprint density at radius 2 is 2.09 bits per heavy atom. The maximum atomic E-state index is 12.5.